The Morgan fingerprint density at radius 2 is 2.24 bits per heavy atom. The molecule has 2 aromatic rings. The topological polar surface area (TPSA) is 67.0 Å². The third-order valence-corrected chi connectivity index (χ3v) is 4.56. The van der Waals surface area contributed by atoms with Crippen molar-refractivity contribution in [1.29, 1.82) is 5.26 Å². The number of ether oxygens (including phenoxy) is 1. The van der Waals surface area contributed by atoms with Gasteiger partial charge in [-0.1, -0.05) is 29.3 Å². The van der Waals surface area contributed by atoms with Gasteiger partial charge in [0, 0.05) is 7.11 Å². The summed E-state index contributed by atoms with van der Waals surface area (Å²) < 4.78 is 6.40. The molecule has 21 heavy (non-hydrogen) atoms. The molecule has 0 fully saturated rings. The predicted molar refractivity (Wildman–Crippen MR) is 84.9 cm³/mol. The first-order valence-electron chi connectivity index (χ1n) is 5.92. The van der Waals surface area contributed by atoms with E-state index in [1.54, 1.807) is 25.3 Å². The molecular weight excluding hydrogens is 333 g/mol. The Balaban J connectivity index is 2.38. The molecule has 0 spiro atoms. The number of halogens is 2. The lowest BCUT2D eigenvalue weighted by Gasteiger charge is -2.07. The zero-order chi connectivity index (χ0) is 15.4. The predicted octanol–water partition coefficient (Wildman–Crippen LogP) is 3.48. The molecule has 0 aliphatic heterocycles. The highest BCUT2D eigenvalue weighted by Crippen LogP contribution is 2.33. The molecule has 0 saturated heterocycles. The van der Waals surface area contributed by atoms with Crippen molar-refractivity contribution in [1.82, 2.24) is 3.96 Å². The standard InChI is InChI=1S/C13H11Cl2N3O2S/c1-20-6-5-18-13(19)8(7-16)12(21-18)17-10-4-2-3-9(14)11(10)15/h2-4,17H,5-6H2,1H3. The van der Waals surface area contributed by atoms with Gasteiger partial charge in [0.25, 0.3) is 5.56 Å². The number of benzene rings is 1. The average Bonchev–Trinajstić information content (AvgIpc) is 2.77. The van der Waals surface area contributed by atoms with E-state index in [1.165, 1.54) is 3.96 Å². The minimum Gasteiger partial charge on any atom is -0.383 e. The fourth-order valence-electron chi connectivity index (χ4n) is 1.65. The molecule has 0 saturated carbocycles. The number of anilines is 2. The van der Waals surface area contributed by atoms with Gasteiger partial charge in [-0.2, -0.15) is 5.26 Å². The van der Waals surface area contributed by atoms with E-state index in [0.29, 0.717) is 33.9 Å². The highest BCUT2D eigenvalue weighted by atomic mass is 35.5. The maximum atomic E-state index is 12.1. The van der Waals surface area contributed by atoms with Crippen molar-refractivity contribution in [2.75, 3.05) is 19.0 Å². The zero-order valence-corrected chi connectivity index (χ0v) is 13.3. The van der Waals surface area contributed by atoms with Crippen LogP contribution >= 0.6 is 34.7 Å². The average molecular weight is 344 g/mol. The van der Waals surface area contributed by atoms with Gasteiger partial charge in [-0.25, -0.2) is 0 Å². The number of nitrogens with zero attached hydrogens (tertiary/aromatic N) is 2. The number of nitrogens with one attached hydrogen (secondary N) is 1. The summed E-state index contributed by atoms with van der Waals surface area (Å²) >= 11 is 13.2. The molecule has 0 atom stereocenters. The van der Waals surface area contributed by atoms with Crippen LogP contribution in [0.25, 0.3) is 0 Å². The number of nitriles is 1. The van der Waals surface area contributed by atoms with E-state index in [-0.39, 0.29) is 11.1 Å². The van der Waals surface area contributed by atoms with E-state index in [9.17, 15) is 4.79 Å². The Kier molecular flexibility index (Phi) is 5.26. The van der Waals surface area contributed by atoms with E-state index in [0.717, 1.165) is 11.5 Å². The monoisotopic (exact) mass is 343 g/mol. The molecule has 1 aromatic heterocycles. The molecule has 0 amide bonds. The van der Waals surface area contributed by atoms with Gasteiger partial charge < -0.3 is 10.1 Å². The zero-order valence-electron chi connectivity index (χ0n) is 11.0. The van der Waals surface area contributed by atoms with Gasteiger partial charge in [0.15, 0.2) is 5.56 Å². The van der Waals surface area contributed by atoms with Crippen molar-refractivity contribution in [2.24, 2.45) is 0 Å². The van der Waals surface area contributed by atoms with E-state index in [1.807, 2.05) is 6.07 Å². The summed E-state index contributed by atoms with van der Waals surface area (Å²) in [5.74, 6) is 0. The second-order valence-corrected chi connectivity index (χ2v) is 5.85. The van der Waals surface area contributed by atoms with Crippen LogP contribution in [-0.4, -0.2) is 17.7 Å². The van der Waals surface area contributed by atoms with Crippen molar-refractivity contribution >= 4 is 45.4 Å². The van der Waals surface area contributed by atoms with E-state index in [2.05, 4.69) is 5.32 Å². The Hall–Kier alpha value is -1.52. The lowest BCUT2D eigenvalue weighted by molar-refractivity contribution is 0.189. The minimum absolute atomic E-state index is 0.0483. The normalized spacial score (nSPS) is 10.4. The molecule has 2 rings (SSSR count). The molecule has 0 unspecified atom stereocenters. The molecule has 0 radical (unpaired) electrons. The fraction of sp³-hybridized carbons (Fsp3) is 0.231. The summed E-state index contributed by atoms with van der Waals surface area (Å²) in [6, 6.07) is 7.02. The van der Waals surface area contributed by atoms with Gasteiger partial charge in [-0.3, -0.25) is 8.75 Å². The Morgan fingerprint density at radius 1 is 1.48 bits per heavy atom. The Morgan fingerprint density at radius 3 is 2.90 bits per heavy atom. The second-order valence-electron chi connectivity index (χ2n) is 4.03. The maximum absolute atomic E-state index is 12.1. The molecular formula is C13H11Cl2N3O2S. The van der Waals surface area contributed by atoms with Gasteiger partial charge in [-0.05, 0) is 23.7 Å². The third-order valence-electron chi connectivity index (χ3n) is 2.68. The van der Waals surface area contributed by atoms with Gasteiger partial charge in [0.2, 0.25) is 0 Å². The van der Waals surface area contributed by atoms with Crippen LogP contribution in [0.1, 0.15) is 5.56 Å². The van der Waals surface area contributed by atoms with Crippen LogP contribution in [0.3, 0.4) is 0 Å². The van der Waals surface area contributed by atoms with E-state index >= 15 is 0 Å². The van der Waals surface area contributed by atoms with E-state index < -0.39 is 0 Å². The molecule has 5 nitrogen and oxygen atoms in total. The maximum Gasteiger partial charge on any atom is 0.280 e. The molecule has 8 heteroatoms. The van der Waals surface area contributed by atoms with Gasteiger partial charge in [0.1, 0.15) is 11.1 Å². The fourth-order valence-corrected chi connectivity index (χ4v) is 2.94. The SMILES string of the molecule is COCCn1sc(Nc2cccc(Cl)c2Cl)c(C#N)c1=O. The quantitative estimate of drug-likeness (QED) is 0.902. The summed E-state index contributed by atoms with van der Waals surface area (Å²) in [6.45, 7) is 0.780. The summed E-state index contributed by atoms with van der Waals surface area (Å²) in [5, 5.41) is 13.3. The van der Waals surface area contributed by atoms with Crippen LogP contribution in [0, 0.1) is 11.3 Å². The molecule has 110 valence electrons. The molecule has 1 heterocycles. The van der Waals surface area contributed by atoms with Crippen molar-refractivity contribution in [3.05, 3.63) is 44.2 Å². The van der Waals surface area contributed by atoms with Gasteiger partial charge >= 0.3 is 0 Å². The molecule has 1 N–H and O–H groups in total. The van der Waals surface area contributed by atoms with Crippen LogP contribution in [0.15, 0.2) is 23.0 Å². The minimum atomic E-state index is -0.347. The van der Waals surface area contributed by atoms with Crippen LogP contribution in [-0.2, 0) is 11.3 Å². The van der Waals surface area contributed by atoms with Crippen molar-refractivity contribution in [3.8, 4) is 6.07 Å². The smallest absolute Gasteiger partial charge is 0.280 e. The molecule has 0 aliphatic rings. The Labute approximate surface area is 135 Å². The number of methoxy groups -OCH3 is 1. The number of aromatic nitrogens is 1. The van der Waals surface area contributed by atoms with E-state index in [4.69, 9.17) is 33.2 Å². The van der Waals surface area contributed by atoms with Crippen LogP contribution in [0.2, 0.25) is 10.0 Å². The lowest BCUT2D eigenvalue weighted by Crippen LogP contribution is -2.17. The highest BCUT2D eigenvalue weighted by molar-refractivity contribution is 7.11. The largest absolute Gasteiger partial charge is 0.383 e. The Bertz CT molecular complexity index is 749. The second kappa shape index (κ2) is 6.96. The first-order valence-corrected chi connectivity index (χ1v) is 7.45. The molecule has 0 bridgehead atoms. The summed E-state index contributed by atoms with van der Waals surface area (Å²) in [7, 11) is 1.55. The van der Waals surface area contributed by atoms with Gasteiger partial charge in [-0.15, -0.1) is 0 Å². The summed E-state index contributed by atoms with van der Waals surface area (Å²) in [4.78, 5) is 12.1. The van der Waals surface area contributed by atoms with Crippen LogP contribution in [0.5, 0.6) is 0 Å². The number of rotatable bonds is 5. The summed E-state index contributed by atoms with van der Waals surface area (Å²) in [6.07, 6.45) is 0. The van der Waals surface area contributed by atoms with Crippen LogP contribution < -0.4 is 10.9 Å². The highest BCUT2D eigenvalue weighted by Gasteiger charge is 2.16. The van der Waals surface area contributed by atoms with Gasteiger partial charge in [0.05, 0.1) is 28.9 Å². The van der Waals surface area contributed by atoms with Crippen LogP contribution in [0.4, 0.5) is 10.7 Å². The lowest BCUT2D eigenvalue weighted by atomic mass is 10.3. The first-order chi connectivity index (χ1) is 10.1. The van der Waals surface area contributed by atoms with Crippen molar-refractivity contribution < 1.29 is 4.74 Å². The third kappa shape index (κ3) is 3.39. The number of hydrogen-bond donors (Lipinski definition) is 1. The molecule has 1 aromatic carbocycles. The van der Waals surface area contributed by atoms with Crippen molar-refractivity contribution in [3.63, 3.8) is 0 Å². The number of hydrogen-bond acceptors (Lipinski definition) is 5. The van der Waals surface area contributed by atoms with Crippen molar-refractivity contribution in [2.45, 2.75) is 6.54 Å². The summed E-state index contributed by atoms with van der Waals surface area (Å²) in [5.41, 5.74) is 0.244. The molecule has 0 aliphatic carbocycles. The first kappa shape index (κ1) is 15.9.